The minimum absolute atomic E-state index is 0.161. The maximum absolute atomic E-state index is 10.9. The molecule has 0 fully saturated rings. The largest absolute Gasteiger partial charge is 0.480 e. The molecule has 4 nitrogen and oxygen atoms in total. The fourth-order valence-electron chi connectivity index (χ4n) is 1.27. The summed E-state index contributed by atoms with van der Waals surface area (Å²) < 4.78 is 0. The second-order valence-electron chi connectivity index (χ2n) is 4.57. The molecule has 0 saturated carbocycles. The van der Waals surface area contributed by atoms with Crippen molar-refractivity contribution in [3.8, 4) is 0 Å². The molecule has 84 valence electrons. The molecule has 0 saturated heterocycles. The van der Waals surface area contributed by atoms with Crippen LogP contribution in [0.25, 0.3) is 0 Å². The van der Waals surface area contributed by atoms with Crippen LogP contribution in [0.2, 0.25) is 0 Å². The van der Waals surface area contributed by atoms with Gasteiger partial charge < -0.3 is 10.8 Å². The standard InChI is InChI=1S/C10H22N2O2/c1-10(2,3)12-8(9(13)14)6-4-5-7-11/h8,12H,4-7,11H2,1-3H3,(H,13,14). The minimum Gasteiger partial charge on any atom is -0.480 e. The van der Waals surface area contributed by atoms with Gasteiger partial charge in [0.25, 0.3) is 0 Å². The molecule has 1 unspecified atom stereocenters. The number of hydrogen-bond acceptors (Lipinski definition) is 3. The van der Waals surface area contributed by atoms with Gasteiger partial charge in [0.15, 0.2) is 0 Å². The molecule has 14 heavy (non-hydrogen) atoms. The highest BCUT2D eigenvalue weighted by Crippen LogP contribution is 2.07. The maximum atomic E-state index is 10.9. The number of unbranched alkanes of at least 4 members (excludes halogenated alkanes) is 1. The smallest absolute Gasteiger partial charge is 0.320 e. The van der Waals surface area contributed by atoms with E-state index in [9.17, 15) is 4.79 Å². The molecule has 0 aliphatic rings. The van der Waals surface area contributed by atoms with E-state index in [1.807, 2.05) is 20.8 Å². The fourth-order valence-corrected chi connectivity index (χ4v) is 1.27. The molecule has 0 heterocycles. The number of carboxylic acids is 1. The fraction of sp³-hybridized carbons (Fsp3) is 0.900. The first-order valence-corrected chi connectivity index (χ1v) is 5.07. The Bertz CT molecular complexity index is 175. The SMILES string of the molecule is CC(C)(C)NC(CCCCN)C(=O)O. The number of nitrogens with one attached hydrogen (secondary N) is 1. The molecule has 0 aliphatic carbocycles. The van der Waals surface area contributed by atoms with Crippen molar-refractivity contribution < 1.29 is 9.90 Å². The Morgan fingerprint density at radius 1 is 1.43 bits per heavy atom. The Kier molecular flexibility index (Phi) is 5.72. The van der Waals surface area contributed by atoms with Crippen molar-refractivity contribution in [3.63, 3.8) is 0 Å². The van der Waals surface area contributed by atoms with Crippen LogP contribution in [-0.2, 0) is 4.79 Å². The summed E-state index contributed by atoms with van der Waals surface area (Å²) in [6, 6.07) is -0.457. The Labute approximate surface area is 85.9 Å². The lowest BCUT2D eigenvalue weighted by Gasteiger charge is -2.25. The van der Waals surface area contributed by atoms with Gasteiger partial charge in [0.2, 0.25) is 0 Å². The van der Waals surface area contributed by atoms with E-state index in [4.69, 9.17) is 10.8 Å². The molecular weight excluding hydrogens is 180 g/mol. The molecule has 0 aromatic rings. The van der Waals surface area contributed by atoms with E-state index < -0.39 is 12.0 Å². The van der Waals surface area contributed by atoms with Gasteiger partial charge in [-0.2, -0.15) is 0 Å². The number of carboxylic acid groups (broad SMARTS) is 1. The zero-order chi connectivity index (χ0) is 11.2. The van der Waals surface area contributed by atoms with Gasteiger partial charge in [0, 0.05) is 5.54 Å². The average Bonchev–Trinajstić information content (AvgIpc) is 2.00. The lowest BCUT2D eigenvalue weighted by atomic mass is 10.0. The molecule has 0 aromatic heterocycles. The second-order valence-corrected chi connectivity index (χ2v) is 4.57. The molecule has 0 aliphatic heterocycles. The predicted molar refractivity (Wildman–Crippen MR) is 57.2 cm³/mol. The molecule has 4 N–H and O–H groups in total. The average molecular weight is 202 g/mol. The van der Waals surface area contributed by atoms with Gasteiger partial charge in [0.05, 0.1) is 0 Å². The van der Waals surface area contributed by atoms with Gasteiger partial charge in [-0.25, -0.2) is 0 Å². The lowest BCUT2D eigenvalue weighted by Crippen LogP contribution is -2.47. The minimum atomic E-state index is -0.781. The maximum Gasteiger partial charge on any atom is 0.320 e. The topological polar surface area (TPSA) is 75.3 Å². The van der Waals surface area contributed by atoms with Crippen LogP contribution >= 0.6 is 0 Å². The summed E-state index contributed by atoms with van der Waals surface area (Å²) in [5, 5.41) is 12.0. The quantitative estimate of drug-likeness (QED) is 0.561. The zero-order valence-electron chi connectivity index (χ0n) is 9.34. The summed E-state index contributed by atoms with van der Waals surface area (Å²) in [7, 11) is 0. The first-order chi connectivity index (χ1) is 6.37. The van der Waals surface area contributed by atoms with Crippen molar-refractivity contribution in [2.75, 3.05) is 6.54 Å². The van der Waals surface area contributed by atoms with E-state index in [0.717, 1.165) is 12.8 Å². The first-order valence-electron chi connectivity index (χ1n) is 5.07. The van der Waals surface area contributed by atoms with E-state index in [1.165, 1.54) is 0 Å². The summed E-state index contributed by atoms with van der Waals surface area (Å²) in [4.78, 5) is 10.9. The van der Waals surface area contributed by atoms with Crippen LogP contribution in [0.4, 0.5) is 0 Å². The van der Waals surface area contributed by atoms with Gasteiger partial charge in [-0.1, -0.05) is 6.42 Å². The van der Waals surface area contributed by atoms with Crippen LogP contribution in [0.3, 0.4) is 0 Å². The Hall–Kier alpha value is -0.610. The van der Waals surface area contributed by atoms with Crippen LogP contribution in [0, 0.1) is 0 Å². The van der Waals surface area contributed by atoms with E-state index in [1.54, 1.807) is 0 Å². The second kappa shape index (κ2) is 5.98. The molecule has 4 heteroatoms. The van der Waals surface area contributed by atoms with Crippen molar-refractivity contribution >= 4 is 5.97 Å². The van der Waals surface area contributed by atoms with Gasteiger partial charge in [-0.15, -0.1) is 0 Å². The normalized spacial score (nSPS) is 14.0. The molecule has 0 bridgehead atoms. The van der Waals surface area contributed by atoms with Crippen LogP contribution in [0.15, 0.2) is 0 Å². The van der Waals surface area contributed by atoms with E-state index >= 15 is 0 Å². The number of rotatable bonds is 6. The van der Waals surface area contributed by atoms with Gasteiger partial charge in [-0.3, -0.25) is 10.1 Å². The third kappa shape index (κ3) is 6.86. The van der Waals surface area contributed by atoms with Gasteiger partial charge >= 0.3 is 5.97 Å². The molecular formula is C10H22N2O2. The highest BCUT2D eigenvalue weighted by atomic mass is 16.4. The summed E-state index contributed by atoms with van der Waals surface area (Å²) in [6.07, 6.45) is 2.38. The monoisotopic (exact) mass is 202 g/mol. The van der Waals surface area contributed by atoms with Crippen molar-refractivity contribution in [2.24, 2.45) is 5.73 Å². The van der Waals surface area contributed by atoms with E-state index in [-0.39, 0.29) is 5.54 Å². The highest BCUT2D eigenvalue weighted by Gasteiger charge is 2.22. The third-order valence-corrected chi connectivity index (χ3v) is 1.85. The van der Waals surface area contributed by atoms with E-state index in [2.05, 4.69) is 5.32 Å². The van der Waals surface area contributed by atoms with Crippen molar-refractivity contribution in [1.29, 1.82) is 0 Å². The Morgan fingerprint density at radius 3 is 2.36 bits per heavy atom. The van der Waals surface area contributed by atoms with E-state index in [0.29, 0.717) is 13.0 Å². The van der Waals surface area contributed by atoms with Crippen LogP contribution in [0.5, 0.6) is 0 Å². The van der Waals surface area contributed by atoms with Crippen molar-refractivity contribution in [3.05, 3.63) is 0 Å². The summed E-state index contributed by atoms with van der Waals surface area (Å²) in [5.74, 6) is -0.781. The van der Waals surface area contributed by atoms with Crippen molar-refractivity contribution in [1.82, 2.24) is 5.32 Å². The predicted octanol–water partition coefficient (Wildman–Crippen LogP) is 0.957. The number of hydrogen-bond donors (Lipinski definition) is 3. The molecule has 0 rings (SSSR count). The van der Waals surface area contributed by atoms with Crippen LogP contribution in [-0.4, -0.2) is 29.2 Å². The molecule has 0 spiro atoms. The molecule has 0 aromatic carbocycles. The molecule has 0 radical (unpaired) electrons. The number of nitrogens with two attached hydrogens (primary N) is 1. The highest BCUT2D eigenvalue weighted by molar-refractivity contribution is 5.73. The summed E-state index contributed by atoms with van der Waals surface area (Å²) >= 11 is 0. The van der Waals surface area contributed by atoms with Crippen LogP contribution in [0.1, 0.15) is 40.0 Å². The van der Waals surface area contributed by atoms with Gasteiger partial charge in [0.1, 0.15) is 6.04 Å². The van der Waals surface area contributed by atoms with Crippen molar-refractivity contribution in [2.45, 2.75) is 51.6 Å². The molecule has 0 amide bonds. The van der Waals surface area contributed by atoms with Crippen LogP contribution < -0.4 is 11.1 Å². The Balaban J connectivity index is 3.97. The third-order valence-electron chi connectivity index (χ3n) is 1.85. The summed E-state index contributed by atoms with van der Waals surface area (Å²) in [6.45, 7) is 6.52. The number of carbonyl (C=O) groups is 1. The Morgan fingerprint density at radius 2 is 2.00 bits per heavy atom. The lowest BCUT2D eigenvalue weighted by molar-refractivity contribution is -0.140. The zero-order valence-corrected chi connectivity index (χ0v) is 9.34. The first kappa shape index (κ1) is 13.4. The number of aliphatic carboxylic acids is 1. The molecule has 1 atom stereocenters. The van der Waals surface area contributed by atoms with Gasteiger partial charge in [-0.05, 0) is 40.2 Å². The summed E-state index contributed by atoms with van der Waals surface area (Å²) in [5.41, 5.74) is 5.19.